The van der Waals surface area contributed by atoms with Crippen LogP contribution in [0.1, 0.15) is 36.6 Å². The lowest BCUT2D eigenvalue weighted by Crippen LogP contribution is -2.25. The van der Waals surface area contributed by atoms with Crippen molar-refractivity contribution in [2.24, 2.45) is 0 Å². The molecule has 0 saturated heterocycles. The molecule has 0 fully saturated rings. The molecule has 20 heavy (non-hydrogen) atoms. The Balaban J connectivity index is 2.08. The van der Waals surface area contributed by atoms with Gasteiger partial charge in [-0.1, -0.05) is 23.7 Å². The Kier molecular flexibility index (Phi) is 5.59. The van der Waals surface area contributed by atoms with Crippen LogP contribution in [0.3, 0.4) is 0 Å². The zero-order valence-corrected chi connectivity index (χ0v) is 12.5. The molecule has 1 aromatic carbocycles. The molecule has 0 aliphatic rings. The highest BCUT2D eigenvalue weighted by Gasteiger charge is 2.15. The van der Waals surface area contributed by atoms with Crippen LogP contribution >= 0.6 is 11.6 Å². The van der Waals surface area contributed by atoms with Crippen LogP contribution in [0, 0.1) is 0 Å². The Morgan fingerprint density at radius 1 is 1.30 bits per heavy atom. The van der Waals surface area contributed by atoms with Gasteiger partial charge in [-0.05, 0) is 31.0 Å². The number of hydrogen-bond donors (Lipinski definition) is 2. The van der Waals surface area contributed by atoms with Gasteiger partial charge < -0.3 is 10.1 Å². The zero-order chi connectivity index (χ0) is 14.4. The van der Waals surface area contributed by atoms with Crippen molar-refractivity contribution >= 4 is 11.6 Å². The van der Waals surface area contributed by atoms with Crippen LogP contribution in [-0.4, -0.2) is 23.9 Å². The number of H-pyrrole nitrogens is 1. The number of hydrogen-bond acceptors (Lipinski definition) is 3. The number of rotatable bonds is 7. The number of ether oxygens (including phenoxy) is 1. The third-order valence-corrected chi connectivity index (χ3v) is 3.61. The zero-order valence-electron chi connectivity index (χ0n) is 11.8. The molecule has 5 heteroatoms. The first-order valence-corrected chi connectivity index (χ1v) is 7.07. The minimum atomic E-state index is 0.214. The van der Waals surface area contributed by atoms with Crippen molar-refractivity contribution in [3.8, 4) is 0 Å². The maximum Gasteiger partial charge on any atom is 0.0534 e. The molecular weight excluding hydrogens is 274 g/mol. The molecule has 2 rings (SSSR count). The predicted molar refractivity (Wildman–Crippen MR) is 80.8 cm³/mol. The van der Waals surface area contributed by atoms with Crippen molar-refractivity contribution in [2.75, 3.05) is 13.7 Å². The van der Waals surface area contributed by atoms with Gasteiger partial charge in [0.25, 0.3) is 0 Å². The highest BCUT2D eigenvalue weighted by atomic mass is 35.5. The van der Waals surface area contributed by atoms with Crippen molar-refractivity contribution in [1.29, 1.82) is 0 Å². The molecule has 2 atom stereocenters. The first kappa shape index (κ1) is 15.0. The van der Waals surface area contributed by atoms with Crippen LogP contribution in [0.2, 0.25) is 5.02 Å². The molecule has 1 aromatic heterocycles. The molecule has 0 unspecified atom stereocenters. The number of methoxy groups -OCH3 is 1. The first-order chi connectivity index (χ1) is 9.70. The van der Waals surface area contributed by atoms with E-state index in [9.17, 15) is 0 Å². The second kappa shape index (κ2) is 7.43. The number of nitrogens with zero attached hydrogens (tertiary/aromatic N) is 1. The summed E-state index contributed by atoms with van der Waals surface area (Å²) in [6.07, 6.45) is 4.65. The van der Waals surface area contributed by atoms with Crippen LogP contribution < -0.4 is 5.32 Å². The van der Waals surface area contributed by atoms with Gasteiger partial charge in [-0.25, -0.2) is 0 Å². The van der Waals surface area contributed by atoms with E-state index in [2.05, 4.69) is 34.6 Å². The van der Waals surface area contributed by atoms with Crippen molar-refractivity contribution < 1.29 is 4.74 Å². The lowest BCUT2D eigenvalue weighted by molar-refractivity contribution is 0.181. The summed E-state index contributed by atoms with van der Waals surface area (Å²) in [6.45, 7) is 2.83. The molecule has 108 valence electrons. The quantitative estimate of drug-likeness (QED) is 0.821. The van der Waals surface area contributed by atoms with Gasteiger partial charge in [-0.2, -0.15) is 5.10 Å². The number of halogens is 1. The fourth-order valence-corrected chi connectivity index (χ4v) is 2.30. The Labute approximate surface area is 124 Å². The van der Waals surface area contributed by atoms with E-state index in [0.717, 1.165) is 17.0 Å². The van der Waals surface area contributed by atoms with Gasteiger partial charge in [-0.3, -0.25) is 5.10 Å². The van der Waals surface area contributed by atoms with Crippen LogP contribution in [0.5, 0.6) is 0 Å². The van der Waals surface area contributed by atoms with Crippen LogP contribution in [-0.2, 0) is 4.74 Å². The Morgan fingerprint density at radius 3 is 2.65 bits per heavy atom. The third-order valence-electron chi connectivity index (χ3n) is 3.35. The summed E-state index contributed by atoms with van der Waals surface area (Å²) in [7, 11) is 1.72. The lowest BCUT2D eigenvalue weighted by Gasteiger charge is -2.23. The summed E-state index contributed by atoms with van der Waals surface area (Å²) < 4.78 is 5.21. The number of aromatic nitrogens is 2. The molecule has 0 radical (unpaired) electrons. The minimum absolute atomic E-state index is 0.214. The summed E-state index contributed by atoms with van der Waals surface area (Å²) in [6, 6.07) is 8.38. The van der Waals surface area contributed by atoms with E-state index in [1.807, 2.05) is 24.5 Å². The number of aromatic amines is 1. The summed E-state index contributed by atoms with van der Waals surface area (Å²) >= 11 is 5.95. The average Bonchev–Trinajstić information content (AvgIpc) is 2.98. The third kappa shape index (κ3) is 4.07. The van der Waals surface area contributed by atoms with Gasteiger partial charge in [0.15, 0.2) is 0 Å². The van der Waals surface area contributed by atoms with Crippen molar-refractivity contribution in [2.45, 2.75) is 25.4 Å². The van der Waals surface area contributed by atoms with Crippen LogP contribution in [0.15, 0.2) is 36.7 Å². The maximum atomic E-state index is 5.95. The second-order valence-corrected chi connectivity index (χ2v) is 5.24. The summed E-state index contributed by atoms with van der Waals surface area (Å²) in [5.41, 5.74) is 2.35. The van der Waals surface area contributed by atoms with Crippen molar-refractivity contribution in [3.63, 3.8) is 0 Å². The van der Waals surface area contributed by atoms with Gasteiger partial charge in [-0.15, -0.1) is 0 Å². The van der Waals surface area contributed by atoms with Crippen molar-refractivity contribution in [3.05, 3.63) is 52.8 Å². The van der Waals surface area contributed by atoms with E-state index in [1.54, 1.807) is 7.11 Å². The lowest BCUT2D eigenvalue weighted by atomic mass is 10.0. The van der Waals surface area contributed by atoms with E-state index in [0.29, 0.717) is 6.61 Å². The van der Waals surface area contributed by atoms with Gasteiger partial charge in [0.1, 0.15) is 0 Å². The average molecular weight is 294 g/mol. The minimum Gasteiger partial charge on any atom is -0.385 e. The van der Waals surface area contributed by atoms with Gasteiger partial charge in [0.2, 0.25) is 0 Å². The van der Waals surface area contributed by atoms with E-state index < -0.39 is 0 Å². The van der Waals surface area contributed by atoms with Gasteiger partial charge in [0, 0.05) is 42.6 Å². The molecule has 2 aromatic rings. The fraction of sp³-hybridized carbons (Fsp3) is 0.400. The number of benzene rings is 1. The van der Waals surface area contributed by atoms with Gasteiger partial charge >= 0.3 is 0 Å². The SMILES string of the molecule is COCC[C@H](N[C@H](C)c1cn[nH]c1)c1ccc(Cl)cc1. The van der Waals surface area contributed by atoms with E-state index in [-0.39, 0.29) is 12.1 Å². The highest BCUT2D eigenvalue weighted by molar-refractivity contribution is 6.30. The summed E-state index contributed by atoms with van der Waals surface area (Å²) in [5, 5.41) is 11.2. The largest absolute Gasteiger partial charge is 0.385 e. The maximum absolute atomic E-state index is 5.95. The van der Waals surface area contributed by atoms with Gasteiger partial charge in [0.05, 0.1) is 6.20 Å². The molecule has 0 spiro atoms. The predicted octanol–water partition coefficient (Wildman–Crippen LogP) is 3.49. The topological polar surface area (TPSA) is 49.9 Å². The molecule has 1 heterocycles. The molecule has 0 bridgehead atoms. The van der Waals surface area contributed by atoms with Crippen LogP contribution in [0.4, 0.5) is 0 Å². The highest BCUT2D eigenvalue weighted by Crippen LogP contribution is 2.23. The molecule has 4 nitrogen and oxygen atoms in total. The monoisotopic (exact) mass is 293 g/mol. The summed E-state index contributed by atoms with van der Waals surface area (Å²) in [4.78, 5) is 0. The molecule has 2 N–H and O–H groups in total. The van der Waals surface area contributed by atoms with E-state index >= 15 is 0 Å². The molecule has 0 amide bonds. The first-order valence-electron chi connectivity index (χ1n) is 6.70. The summed E-state index contributed by atoms with van der Waals surface area (Å²) in [5.74, 6) is 0. The van der Waals surface area contributed by atoms with E-state index in [4.69, 9.17) is 16.3 Å². The number of nitrogens with one attached hydrogen (secondary N) is 2. The normalized spacial score (nSPS) is 14.2. The fourth-order valence-electron chi connectivity index (χ4n) is 2.17. The molecule has 0 aliphatic heterocycles. The molecular formula is C15H20ClN3O. The standard InChI is InChI=1S/C15H20ClN3O/c1-11(13-9-17-18-10-13)19-15(7-8-20-2)12-3-5-14(16)6-4-12/h3-6,9-11,15,19H,7-8H2,1-2H3,(H,17,18)/t11-,15+/m1/s1. The second-order valence-electron chi connectivity index (χ2n) is 4.81. The van der Waals surface area contributed by atoms with E-state index in [1.165, 1.54) is 5.56 Å². The molecule has 0 saturated carbocycles. The Bertz CT molecular complexity index is 498. The van der Waals surface area contributed by atoms with Crippen LogP contribution in [0.25, 0.3) is 0 Å². The Morgan fingerprint density at radius 2 is 2.05 bits per heavy atom. The Hall–Kier alpha value is -1.36. The smallest absolute Gasteiger partial charge is 0.0534 e. The van der Waals surface area contributed by atoms with Crippen molar-refractivity contribution in [1.82, 2.24) is 15.5 Å². The molecule has 0 aliphatic carbocycles.